The number of anilines is 1. The van der Waals surface area contributed by atoms with Gasteiger partial charge in [0, 0.05) is 6.04 Å². The molecule has 1 aromatic rings. The molecule has 1 fully saturated rings. The Morgan fingerprint density at radius 3 is 2.65 bits per heavy atom. The summed E-state index contributed by atoms with van der Waals surface area (Å²) in [7, 11) is 0. The van der Waals surface area contributed by atoms with Gasteiger partial charge in [-0.05, 0) is 37.5 Å². The van der Waals surface area contributed by atoms with Crippen molar-refractivity contribution in [3.05, 3.63) is 28.8 Å². The molecule has 0 spiro atoms. The van der Waals surface area contributed by atoms with E-state index in [0.29, 0.717) is 11.1 Å². The van der Waals surface area contributed by atoms with Gasteiger partial charge in [-0.15, -0.1) is 0 Å². The van der Waals surface area contributed by atoms with Crippen LogP contribution in [0.25, 0.3) is 0 Å². The monoisotopic (exact) mass is 294 g/mol. The fraction of sp³-hybridized carbons (Fsp3) is 0.562. The molecule has 1 aromatic carbocycles. The molecular weight excluding hydrogens is 272 g/mol. The van der Waals surface area contributed by atoms with E-state index in [1.54, 1.807) is 0 Å². The molecule has 0 bridgehead atoms. The van der Waals surface area contributed by atoms with Crippen LogP contribution < -0.4 is 10.6 Å². The minimum atomic E-state index is 0.0504. The third-order valence-corrected chi connectivity index (χ3v) is 4.11. The number of carbonyl (C=O) groups is 1. The highest BCUT2D eigenvalue weighted by atomic mass is 35.5. The first-order chi connectivity index (χ1) is 9.65. The second kappa shape index (κ2) is 7.53. The Hall–Kier alpha value is -1.22. The van der Waals surface area contributed by atoms with E-state index < -0.39 is 0 Å². The Bertz CT molecular complexity index is 454. The van der Waals surface area contributed by atoms with Gasteiger partial charge in [-0.3, -0.25) is 4.79 Å². The van der Waals surface area contributed by atoms with E-state index >= 15 is 0 Å². The SMILES string of the molecule is Cc1ccc(Cl)c(NCC(=O)NC2CCCCCC2)c1. The molecule has 4 heteroatoms. The van der Waals surface area contributed by atoms with E-state index in [1.165, 1.54) is 25.7 Å². The van der Waals surface area contributed by atoms with E-state index in [4.69, 9.17) is 11.6 Å². The first kappa shape index (κ1) is 15.2. The zero-order chi connectivity index (χ0) is 14.4. The Morgan fingerprint density at radius 2 is 1.95 bits per heavy atom. The predicted octanol–water partition coefficient (Wildman–Crippen LogP) is 3.90. The van der Waals surface area contributed by atoms with Crippen molar-refractivity contribution in [2.45, 2.75) is 51.5 Å². The lowest BCUT2D eigenvalue weighted by molar-refractivity contribution is -0.120. The van der Waals surface area contributed by atoms with Gasteiger partial charge in [0.2, 0.25) is 5.91 Å². The predicted molar refractivity (Wildman–Crippen MR) is 84.3 cm³/mol. The highest BCUT2D eigenvalue weighted by Crippen LogP contribution is 2.22. The minimum Gasteiger partial charge on any atom is -0.375 e. The van der Waals surface area contributed by atoms with Gasteiger partial charge in [0.15, 0.2) is 0 Å². The summed E-state index contributed by atoms with van der Waals surface area (Å²) in [5.41, 5.74) is 1.95. The van der Waals surface area contributed by atoms with E-state index in [1.807, 2.05) is 25.1 Å². The third kappa shape index (κ3) is 4.71. The van der Waals surface area contributed by atoms with Crippen molar-refractivity contribution in [2.24, 2.45) is 0 Å². The largest absolute Gasteiger partial charge is 0.375 e. The summed E-state index contributed by atoms with van der Waals surface area (Å²) in [4.78, 5) is 12.0. The van der Waals surface area contributed by atoms with Crippen LogP contribution in [0.2, 0.25) is 5.02 Å². The van der Waals surface area contributed by atoms with Crippen LogP contribution in [-0.4, -0.2) is 18.5 Å². The van der Waals surface area contributed by atoms with Crippen LogP contribution in [0.1, 0.15) is 44.1 Å². The molecule has 0 unspecified atom stereocenters. The van der Waals surface area contributed by atoms with Gasteiger partial charge in [0.1, 0.15) is 0 Å². The summed E-state index contributed by atoms with van der Waals surface area (Å²) >= 11 is 6.10. The second-order valence-corrected chi connectivity index (χ2v) is 6.00. The molecule has 20 heavy (non-hydrogen) atoms. The normalized spacial score (nSPS) is 16.5. The number of nitrogens with one attached hydrogen (secondary N) is 2. The van der Waals surface area contributed by atoms with Crippen LogP contribution in [-0.2, 0) is 4.79 Å². The molecule has 0 aliphatic heterocycles. The van der Waals surface area contributed by atoms with E-state index in [-0.39, 0.29) is 12.5 Å². The zero-order valence-electron chi connectivity index (χ0n) is 12.0. The zero-order valence-corrected chi connectivity index (χ0v) is 12.8. The number of aryl methyl sites for hydroxylation is 1. The topological polar surface area (TPSA) is 41.1 Å². The molecule has 0 aromatic heterocycles. The van der Waals surface area contributed by atoms with Gasteiger partial charge >= 0.3 is 0 Å². The molecule has 0 saturated heterocycles. The summed E-state index contributed by atoms with van der Waals surface area (Å²) in [5.74, 6) is 0.0504. The van der Waals surface area contributed by atoms with Crippen molar-refractivity contribution in [2.75, 3.05) is 11.9 Å². The van der Waals surface area contributed by atoms with Crippen LogP contribution in [0, 0.1) is 6.92 Å². The van der Waals surface area contributed by atoms with Crippen LogP contribution in [0.3, 0.4) is 0 Å². The highest BCUT2D eigenvalue weighted by Gasteiger charge is 2.14. The molecule has 3 nitrogen and oxygen atoms in total. The molecule has 2 rings (SSSR count). The fourth-order valence-electron chi connectivity index (χ4n) is 2.65. The Morgan fingerprint density at radius 1 is 1.25 bits per heavy atom. The maximum Gasteiger partial charge on any atom is 0.239 e. The van der Waals surface area contributed by atoms with Gasteiger partial charge in [-0.1, -0.05) is 43.4 Å². The Labute approximate surface area is 126 Å². The summed E-state index contributed by atoms with van der Waals surface area (Å²) in [6.45, 7) is 2.28. The number of hydrogen-bond donors (Lipinski definition) is 2. The minimum absolute atomic E-state index is 0.0504. The molecule has 0 heterocycles. The second-order valence-electron chi connectivity index (χ2n) is 5.59. The fourth-order valence-corrected chi connectivity index (χ4v) is 2.84. The van der Waals surface area contributed by atoms with Gasteiger partial charge < -0.3 is 10.6 Å². The summed E-state index contributed by atoms with van der Waals surface area (Å²) in [5, 5.41) is 6.88. The lowest BCUT2D eigenvalue weighted by Crippen LogP contribution is -2.38. The highest BCUT2D eigenvalue weighted by molar-refractivity contribution is 6.33. The van der Waals surface area contributed by atoms with Crippen molar-refractivity contribution < 1.29 is 4.79 Å². The number of amides is 1. The van der Waals surface area contributed by atoms with Crippen molar-refractivity contribution in [1.82, 2.24) is 5.32 Å². The van der Waals surface area contributed by atoms with Crippen molar-refractivity contribution in [3.63, 3.8) is 0 Å². The van der Waals surface area contributed by atoms with Crippen molar-refractivity contribution in [3.8, 4) is 0 Å². The summed E-state index contributed by atoms with van der Waals surface area (Å²) in [6, 6.07) is 6.11. The summed E-state index contributed by atoms with van der Waals surface area (Å²) < 4.78 is 0. The number of carbonyl (C=O) groups excluding carboxylic acids is 1. The average molecular weight is 295 g/mol. The maximum atomic E-state index is 12.0. The van der Waals surface area contributed by atoms with Crippen LogP contribution in [0.15, 0.2) is 18.2 Å². The summed E-state index contributed by atoms with van der Waals surface area (Å²) in [6.07, 6.45) is 7.26. The van der Waals surface area contributed by atoms with Crippen molar-refractivity contribution in [1.29, 1.82) is 0 Å². The molecule has 1 amide bonds. The number of halogens is 1. The van der Waals surface area contributed by atoms with Crippen LogP contribution in [0.5, 0.6) is 0 Å². The molecular formula is C16H23ClN2O. The van der Waals surface area contributed by atoms with Gasteiger partial charge in [-0.2, -0.15) is 0 Å². The quantitative estimate of drug-likeness (QED) is 0.827. The standard InChI is InChI=1S/C16H23ClN2O/c1-12-8-9-14(17)15(10-12)18-11-16(20)19-13-6-4-2-3-5-7-13/h8-10,13,18H,2-7,11H2,1H3,(H,19,20). The van der Waals surface area contributed by atoms with E-state index in [0.717, 1.165) is 24.1 Å². The first-order valence-electron chi connectivity index (χ1n) is 7.44. The molecule has 1 aliphatic rings. The van der Waals surface area contributed by atoms with Gasteiger partial charge in [0.25, 0.3) is 0 Å². The average Bonchev–Trinajstić information content (AvgIpc) is 2.68. The van der Waals surface area contributed by atoms with E-state index in [2.05, 4.69) is 10.6 Å². The van der Waals surface area contributed by atoms with Crippen LogP contribution >= 0.6 is 11.6 Å². The Kier molecular flexibility index (Phi) is 5.72. The first-order valence-corrected chi connectivity index (χ1v) is 7.82. The number of benzene rings is 1. The molecule has 1 saturated carbocycles. The number of hydrogen-bond acceptors (Lipinski definition) is 2. The maximum absolute atomic E-state index is 12.0. The molecule has 0 radical (unpaired) electrons. The molecule has 110 valence electrons. The van der Waals surface area contributed by atoms with Gasteiger partial charge in [0.05, 0.1) is 17.3 Å². The lowest BCUT2D eigenvalue weighted by Gasteiger charge is -2.17. The Balaban J connectivity index is 1.81. The molecule has 1 aliphatic carbocycles. The van der Waals surface area contributed by atoms with Crippen LogP contribution in [0.4, 0.5) is 5.69 Å². The molecule has 2 N–H and O–H groups in total. The molecule has 0 atom stereocenters. The lowest BCUT2D eigenvalue weighted by atomic mass is 10.1. The number of rotatable bonds is 4. The van der Waals surface area contributed by atoms with E-state index in [9.17, 15) is 4.79 Å². The van der Waals surface area contributed by atoms with Crippen molar-refractivity contribution >= 4 is 23.2 Å². The van der Waals surface area contributed by atoms with Gasteiger partial charge in [-0.25, -0.2) is 0 Å². The third-order valence-electron chi connectivity index (χ3n) is 3.78. The smallest absolute Gasteiger partial charge is 0.239 e.